The Balaban J connectivity index is 1.95. The van der Waals surface area contributed by atoms with E-state index in [0.717, 1.165) is 11.8 Å². The zero-order chi connectivity index (χ0) is 10.7. The van der Waals surface area contributed by atoms with Crippen molar-refractivity contribution in [3.63, 3.8) is 0 Å². The Kier molecular flexibility index (Phi) is 1.90. The molecule has 4 aliphatic carbocycles. The molecule has 1 heteroatoms. The molecule has 0 aromatic heterocycles. The highest BCUT2D eigenvalue weighted by Gasteiger charge is 2.57. The predicted molar refractivity (Wildman–Crippen MR) is 61.4 cm³/mol. The molecule has 1 nitrogen and oxygen atoms in total. The molecule has 1 N–H and O–H groups in total. The molecule has 15 heavy (non-hydrogen) atoms. The van der Waals surface area contributed by atoms with E-state index in [-0.39, 0.29) is 11.5 Å². The van der Waals surface area contributed by atoms with Crippen LogP contribution in [0.3, 0.4) is 0 Å². The Morgan fingerprint density at radius 1 is 1.27 bits per heavy atom. The van der Waals surface area contributed by atoms with E-state index in [2.05, 4.69) is 13.5 Å². The average molecular weight is 206 g/mol. The molecule has 0 aromatic rings. The summed E-state index contributed by atoms with van der Waals surface area (Å²) < 4.78 is 0. The van der Waals surface area contributed by atoms with Gasteiger partial charge in [-0.25, -0.2) is 0 Å². The van der Waals surface area contributed by atoms with Crippen molar-refractivity contribution in [3.05, 3.63) is 12.7 Å². The average Bonchev–Trinajstić information content (AvgIpc) is 2.12. The molecular weight excluding hydrogens is 184 g/mol. The molecule has 0 amide bonds. The van der Waals surface area contributed by atoms with E-state index < -0.39 is 0 Å². The minimum absolute atomic E-state index is 0.209. The van der Waals surface area contributed by atoms with Crippen molar-refractivity contribution in [1.82, 2.24) is 0 Å². The lowest BCUT2D eigenvalue weighted by molar-refractivity contribution is -0.140. The minimum atomic E-state index is -0.261. The van der Waals surface area contributed by atoms with Crippen molar-refractivity contribution < 1.29 is 5.11 Å². The summed E-state index contributed by atoms with van der Waals surface area (Å²) in [5.41, 5.74) is 0.745. The third-order valence-electron chi connectivity index (χ3n) is 5.25. The summed E-state index contributed by atoms with van der Waals surface area (Å²) in [7, 11) is 0. The Labute approximate surface area is 92.6 Å². The second-order valence-electron chi connectivity index (χ2n) is 6.81. The molecular formula is C14H22O. The molecule has 4 fully saturated rings. The summed E-state index contributed by atoms with van der Waals surface area (Å²) >= 11 is 0. The van der Waals surface area contributed by atoms with Gasteiger partial charge in [0.15, 0.2) is 0 Å². The highest BCUT2D eigenvalue weighted by Crippen LogP contribution is 2.66. The lowest BCUT2D eigenvalue weighted by Crippen LogP contribution is -2.54. The van der Waals surface area contributed by atoms with Crippen LogP contribution in [0.2, 0.25) is 0 Å². The standard InChI is InChI=1S/C14H22O/c1-3-12(15)14-7-10-4-11(8-14)6-13(2,5-10)9-14/h3,10-12,15H,1,4-9H2,2H3. The van der Waals surface area contributed by atoms with Crippen LogP contribution in [0.1, 0.15) is 45.4 Å². The molecule has 4 rings (SSSR count). The number of rotatable bonds is 2. The van der Waals surface area contributed by atoms with Crippen molar-refractivity contribution >= 4 is 0 Å². The van der Waals surface area contributed by atoms with Gasteiger partial charge < -0.3 is 5.11 Å². The van der Waals surface area contributed by atoms with E-state index in [0.29, 0.717) is 5.41 Å². The van der Waals surface area contributed by atoms with Gasteiger partial charge in [0, 0.05) is 5.41 Å². The molecule has 3 atom stereocenters. The molecule has 4 aliphatic rings. The first-order valence-corrected chi connectivity index (χ1v) is 6.36. The number of aliphatic hydroxyl groups is 1. The molecule has 0 aromatic carbocycles. The predicted octanol–water partition coefficient (Wildman–Crippen LogP) is 3.14. The highest BCUT2D eigenvalue weighted by molar-refractivity contribution is 5.11. The van der Waals surface area contributed by atoms with Crippen LogP contribution in [0, 0.1) is 22.7 Å². The second-order valence-corrected chi connectivity index (χ2v) is 6.81. The van der Waals surface area contributed by atoms with Gasteiger partial charge in [-0.15, -0.1) is 6.58 Å². The summed E-state index contributed by atoms with van der Waals surface area (Å²) in [5.74, 6) is 1.79. The number of aliphatic hydroxyl groups excluding tert-OH is 1. The van der Waals surface area contributed by atoms with Crippen LogP contribution < -0.4 is 0 Å². The fraction of sp³-hybridized carbons (Fsp3) is 0.857. The fourth-order valence-electron chi connectivity index (χ4n) is 5.39. The van der Waals surface area contributed by atoms with Crippen LogP contribution in [0.25, 0.3) is 0 Å². The SMILES string of the molecule is C=CC(O)C12CC3CC(CC(C)(C3)C1)C2. The number of hydrogen-bond donors (Lipinski definition) is 1. The van der Waals surface area contributed by atoms with Crippen molar-refractivity contribution in [2.75, 3.05) is 0 Å². The lowest BCUT2D eigenvalue weighted by atomic mass is 9.43. The van der Waals surface area contributed by atoms with Crippen LogP contribution in [-0.4, -0.2) is 11.2 Å². The monoisotopic (exact) mass is 206 g/mol. The minimum Gasteiger partial charge on any atom is -0.388 e. The summed E-state index contributed by atoms with van der Waals surface area (Å²) in [6.07, 6.45) is 9.52. The van der Waals surface area contributed by atoms with Gasteiger partial charge in [-0.2, -0.15) is 0 Å². The number of hydrogen-bond acceptors (Lipinski definition) is 1. The summed E-state index contributed by atoms with van der Waals surface area (Å²) in [5, 5.41) is 10.2. The maximum atomic E-state index is 10.2. The van der Waals surface area contributed by atoms with E-state index in [1.807, 2.05) is 0 Å². The van der Waals surface area contributed by atoms with Crippen LogP contribution in [0.4, 0.5) is 0 Å². The van der Waals surface area contributed by atoms with Crippen molar-refractivity contribution in [2.45, 2.75) is 51.6 Å². The van der Waals surface area contributed by atoms with E-state index in [9.17, 15) is 5.11 Å². The Bertz CT molecular complexity index is 280. The third kappa shape index (κ3) is 1.32. The van der Waals surface area contributed by atoms with Gasteiger partial charge in [0.05, 0.1) is 6.10 Å². The topological polar surface area (TPSA) is 20.2 Å². The van der Waals surface area contributed by atoms with Gasteiger partial charge in [0.2, 0.25) is 0 Å². The Hall–Kier alpha value is -0.300. The molecule has 0 aliphatic heterocycles. The van der Waals surface area contributed by atoms with Gasteiger partial charge in [-0.05, 0) is 55.8 Å². The highest BCUT2D eigenvalue weighted by atomic mass is 16.3. The molecule has 4 bridgehead atoms. The van der Waals surface area contributed by atoms with Gasteiger partial charge in [-0.3, -0.25) is 0 Å². The first-order chi connectivity index (χ1) is 7.05. The molecule has 0 spiro atoms. The van der Waals surface area contributed by atoms with Crippen molar-refractivity contribution in [3.8, 4) is 0 Å². The smallest absolute Gasteiger partial charge is 0.0774 e. The van der Waals surface area contributed by atoms with E-state index in [1.54, 1.807) is 6.08 Å². The van der Waals surface area contributed by atoms with Crippen LogP contribution in [-0.2, 0) is 0 Å². The van der Waals surface area contributed by atoms with Crippen LogP contribution in [0.5, 0.6) is 0 Å². The lowest BCUT2D eigenvalue weighted by Gasteiger charge is -2.62. The molecule has 4 saturated carbocycles. The first kappa shape index (κ1) is 9.89. The third-order valence-corrected chi connectivity index (χ3v) is 5.25. The van der Waals surface area contributed by atoms with Gasteiger partial charge in [0.1, 0.15) is 0 Å². The molecule has 3 unspecified atom stereocenters. The van der Waals surface area contributed by atoms with E-state index in [1.165, 1.54) is 38.5 Å². The Morgan fingerprint density at radius 2 is 1.87 bits per heavy atom. The molecule has 0 heterocycles. The van der Waals surface area contributed by atoms with E-state index >= 15 is 0 Å². The molecule has 0 saturated heterocycles. The van der Waals surface area contributed by atoms with Crippen molar-refractivity contribution in [2.24, 2.45) is 22.7 Å². The molecule has 84 valence electrons. The van der Waals surface area contributed by atoms with E-state index in [4.69, 9.17) is 0 Å². The zero-order valence-electron chi connectivity index (χ0n) is 9.71. The maximum Gasteiger partial charge on any atom is 0.0774 e. The maximum absolute atomic E-state index is 10.2. The zero-order valence-corrected chi connectivity index (χ0v) is 9.71. The quantitative estimate of drug-likeness (QED) is 0.688. The largest absolute Gasteiger partial charge is 0.388 e. The second kappa shape index (κ2) is 2.88. The van der Waals surface area contributed by atoms with Crippen LogP contribution in [0.15, 0.2) is 12.7 Å². The Morgan fingerprint density at radius 3 is 2.33 bits per heavy atom. The summed E-state index contributed by atoms with van der Waals surface area (Å²) in [4.78, 5) is 0. The normalized spacial score (nSPS) is 54.3. The fourth-order valence-corrected chi connectivity index (χ4v) is 5.39. The van der Waals surface area contributed by atoms with Crippen LogP contribution >= 0.6 is 0 Å². The summed E-state index contributed by atoms with van der Waals surface area (Å²) in [6, 6.07) is 0. The van der Waals surface area contributed by atoms with Crippen molar-refractivity contribution in [1.29, 1.82) is 0 Å². The van der Waals surface area contributed by atoms with Gasteiger partial charge in [0.25, 0.3) is 0 Å². The first-order valence-electron chi connectivity index (χ1n) is 6.36. The van der Waals surface area contributed by atoms with Gasteiger partial charge in [-0.1, -0.05) is 13.0 Å². The van der Waals surface area contributed by atoms with Gasteiger partial charge >= 0.3 is 0 Å². The summed E-state index contributed by atoms with van der Waals surface area (Å²) in [6.45, 7) is 6.23. The molecule has 0 radical (unpaired) electrons.